The second kappa shape index (κ2) is 5.23. The molecule has 0 spiro atoms. The van der Waals surface area contributed by atoms with Crippen LogP contribution in [-0.4, -0.2) is 27.8 Å². The molecule has 0 bridgehead atoms. The number of aromatic nitrogens is 1. The van der Waals surface area contributed by atoms with Crippen molar-refractivity contribution in [2.45, 2.75) is 19.9 Å². The Morgan fingerprint density at radius 2 is 2.06 bits per heavy atom. The number of rotatable bonds is 4. The zero-order valence-electron chi connectivity index (χ0n) is 10.6. The summed E-state index contributed by atoms with van der Waals surface area (Å²) in [7, 11) is 0. The standard InChI is InChI=1S/C14H18N2O2/c1-9(8-17)10(2)16-14-13-7-12(18)4-3-11(13)5-6-15-14/h3-7,9-10,17-18H,8H2,1-2H3,(H,15,16). The normalized spacial score (nSPS) is 14.4. The topological polar surface area (TPSA) is 65.4 Å². The Balaban J connectivity index is 2.35. The Morgan fingerprint density at radius 3 is 2.78 bits per heavy atom. The Labute approximate surface area is 106 Å². The summed E-state index contributed by atoms with van der Waals surface area (Å²) in [5, 5.41) is 23.9. The van der Waals surface area contributed by atoms with Gasteiger partial charge in [0.25, 0.3) is 0 Å². The number of pyridine rings is 1. The lowest BCUT2D eigenvalue weighted by molar-refractivity contribution is 0.226. The van der Waals surface area contributed by atoms with E-state index in [1.165, 1.54) is 0 Å². The second-order valence-corrected chi connectivity index (χ2v) is 4.66. The van der Waals surface area contributed by atoms with Crippen LogP contribution in [0.15, 0.2) is 30.5 Å². The molecule has 1 aromatic carbocycles. The summed E-state index contributed by atoms with van der Waals surface area (Å²) in [6, 6.07) is 7.22. The Morgan fingerprint density at radius 1 is 1.28 bits per heavy atom. The van der Waals surface area contributed by atoms with Crippen LogP contribution in [0.5, 0.6) is 5.75 Å². The predicted octanol–water partition coefficient (Wildman–Crippen LogP) is 2.37. The number of aliphatic hydroxyl groups excluding tert-OH is 1. The number of fused-ring (bicyclic) bond motifs is 1. The van der Waals surface area contributed by atoms with Gasteiger partial charge in [-0.15, -0.1) is 0 Å². The molecule has 4 nitrogen and oxygen atoms in total. The molecular weight excluding hydrogens is 228 g/mol. The minimum absolute atomic E-state index is 0.107. The number of nitrogens with zero attached hydrogens (tertiary/aromatic N) is 1. The molecule has 0 fully saturated rings. The van der Waals surface area contributed by atoms with Gasteiger partial charge in [-0.1, -0.05) is 13.0 Å². The fourth-order valence-corrected chi connectivity index (χ4v) is 1.79. The first kappa shape index (κ1) is 12.6. The first-order valence-electron chi connectivity index (χ1n) is 6.07. The van der Waals surface area contributed by atoms with E-state index in [9.17, 15) is 5.11 Å². The minimum atomic E-state index is 0.107. The van der Waals surface area contributed by atoms with Crippen LogP contribution < -0.4 is 5.32 Å². The average molecular weight is 246 g/mol. The summed E-state index contributed by atoms with van der Waals surface area (Å²) < 4.78 is 0. The quantitative estimate of drug-likeness (QED) is 0.775. The molecule has 2 atom stereocenters. The lowest BCUT2D eigenvalue weighted by atomic mass is 10.0. The molecular formula is C14H18N2O2. The maximum absolute atomic E-state index is 9.55. The molecule has 0 aliphatic rings. The number of aliphatic hydroxyl groups is 1. The molecule has 18 heavy (non-hydrogen) atoms. The van der Waals surface area contributed by atoms with Crippen molar-refractivity contribution < 1.29 is 10.2 Å². The molecule has 0 aliphatic heterocycles. The van der Waals surface area contributed by atoms with Crippen LogP contribution in [0, 0.1) is 5.92 Å². The highest BCUT2D eigenvalue weighted by Crippen LogP contribution is 2.26. The van der Waals surface area contributed by atoms with E-state index in [4.69, 9.17) is 5.11 Å². The number of anilines is 1. The van der Waals surface area contributed by atoms with Gasteiger partial charge in [-0.3, -0.25) is 0 Å². The largest absolute Gasteiger partial charge is 0.508 e. The Bertz CT molecular complexity index is 542. The summed E-state index contributed by atoms with van der Waals surface area (Å²) in [6.07, 6.45) is 1.73. The van der Waals surface area contributed by atoms with Gasteiger partial charge in [-0.05, 0) is 36.4 Å². The molecule has 2 aromatic rings. The maximum atomic E-state index is 9.55. The number of aromatic hydroxyl groups is 1. The number of nitrogens with one attached hydrogen (secondary N) is 1. The smallest absolute Gasteiger partial charge is 0.134 e. The minimum Gasteiger partial charge on any atom is -0.508 e. The van der Waals surface area contributed by atoms with Gasteiger partial charge in [-0.25, -0.2) is 4.98 Å². The van der Waals surface area contributed by atoms with Gasteiger partial charge in [0, 0.05) is 24.2 Å². The Kier molecular flexibility index (Phi) is 3.67. The predicted molar refractivity (Wildman–Crippen MR) is 72.7 cm³/mol. The third-order valence-electron chi connectivity index (χ3n) is 3.26. The zero-order chi connectivity index (χ0) is 13.1. The molecule has 0 radical (unpaired) electrons. The molecule has 0 amide bonds. The van der Waals surface area contributed by atoms with Crippen LogP contribution in [0.25, 0.3) is 10.8 Å². The van der Waals surface area contributed by atoms with Gasteiger partial charge in [-0.2, -0.15) is 0 Å². The van der Waals surface area contributed by atoms with Gasteiger partial charge in [0.15, 0.2) is 0 Å². The van der Waals surface area contributed by atoms with Crippen LogP contribution in [-0.2, 0) is 0 Å². The van der Waals surface area contributed by atoms with Crippen molar-refractivity contribution in [1.82, 2.24) is 4.98 Å². The number of hydrogen-bond donors (Lipinski definition) is 3. The molecule has 1 heterocycles. The third-order valence-corrected chi connectivity index (χ3v) is 3.26. The first-order chi connectivity index (χ1) is 8.61. The second-order valence-electron chi connectivity index (χ2n) is 4.66. The molecule has 2 unspecified atom stereocenters. The highest BCUT2D eigenvalue weighted by atomic mass is 16.3. The van der Waals surface area contributed by atoms with E-state index in [1.807, 2.05) is 26.0 Å². The molecule has 2 rings (SSSR count). The van der Waals surface area contributed by atoms with E-state index in [2.05, 4.69) is 10.3 Å². The van der Waals surface area contributed by atoms with Gasteiger partial charge in [0.1, 0.15) is 11.6 Å². The molecule has 3 N–H and O–H groups in total. The molecule has 1 aromatic heterocycles. The lowest BCUT2D eigenvalue weighted by Gasteiger charge is -2.20. The molecule has 4 heteroatoms. The van der Waals surface area contributed by atoms with E-state index in [0.717, 1.165) is 16.6 Å². The van der Waals surface area contributed by atoms with Gasteiger partial charge in [0.05, 0.1) is 0 Å². The van der Waals surface area contributed by atoms with Gasteiger partial charge in [0.2, 0.25) is 0 Å². The van der Waals surface area contributed by atoms with E-state index >= 15 is 0 Å². The van der Waals surface area contributed by atoms with Crippen LogP contribution in [0.4, 0.5) is 5.82 Å². The van der Waals surface area contributed by atoms with Crippen LogP contribution in [0.2, 0.25) is 0 Å². The van der Waals surface area contributed by atoms with Crippen LogP contribution >= 0.6 is 0 Å². The van der Waals surface area contributed by atoms with Gasteiger partial charge < -0.3 is 15.5 Å². The molecule has 0 saturated carbocycles. The monoisotopic (exact) mass is 246 g/mol. The van der Waals surface area contributed by atoms with Crippen molar-refractivity contribution >= 4 is 16.6 Å². The number of phenolic OH excluding ortho intramolecular Hbond substituents is 1. The van der Waals surface area contributed by atoms with Crippen molar-refractivity contribution in [3.05, 3.63) is 30.5 Å². The summed E-state index contributed by atoms with van der Waals surface area (Å²) in [5.41, 5.74) is 0. The fraction of sp³-hybridized carbons (Fsp3) is 0.357. The molecule has 0 aliphatic carbocycles. The van der Waals surface area contributed by atoms with Gasteiger partial charge >= 0.3 is 0 Å². The third kappa shape index (κ3) is 2.54. The van der Waals surface area contributed by atoms with Crippen molar-refractivity contribution in [1.29, 1.82) is 0 Å². The summed E-state index contributed by atoms with van der Waals surface area (Å²) >= 11 is 0. The number of hydrogen-bond acceptors (Lipinski definition) is 4. The van der Waals surface area contributed by atoms with Crippen molar-refractivity contribution in [2.24, 2.45) is 5.92 Å². The van der Waals surface area contributed by atoms with Crippen molar-refractivity contribution in [3.8, 4) is 5.75 Å². The maximum Gasteiger partial charge on any atom is 0.134 e. The number of phenols is 1. The van der Waals surface area contributed by atoms with Crippen LogP contribution in [0.3, 0.4) is 0 Å². The van der Waals surface area contributed by atoms with E-state index in [1.54, 1.807) is 18.3 Å². The van der Waals surface area contributed by atoms with E-state index in [-0.39, 0.29) is 24.3 Å². The molecule has 96 valence electrons. The Hall–Kier alpha value is -1.81. The highest BCUT2D eigenvalue weighted by molar-refractivity contribution is 5.92. The van der Waals surface area contributed by atoms with E-state index < -0.39 is 0 Å². The lowest BCUT2D eigenvalue weighted by Crippen LogP contribution is -2.26. The average Bonchev–Trinajstić information content (AvgIpc) is 2.38. The van der Waals surface area contributed by atoms with Crippen LogP contribution in [0.1, 0.15) is 13.8 Å². The summed E-state index contributed by atoms with van der Waals surface area (Å²) in [5.74, 6) is 1.09. The van der Waals surface area contributed by atoms with Crippen molar-refractivity contribution in [3.63, 3.8) is 0 Å². The van der Waals surface area contributed by atoms with Crippen molar-refractivity contribution in [2.75, 3.05) is 11.9 Å². The summed E-state index contributed by atoms with van der Waals surface area (Å²) in [6.45, 7) is 4.11. The first-order valence-corrected chi connectivity index (χ1v) is 6.07. The van der Waals surface area contributed by atoms with E-state index in [0.29, 0.717) is 0 Å². The summed E-state index contributed by atoms with van der Waals surface area (Å²) in [4.78, 5) is 4.30. The highest BCUT2D eigenvalue weighted by Gasteiger charge is 2.13. The molecule has 0 saturated heterocycles. The fourth-order valence-electron chi connectivity index (χ4n) is 1.79. The zero-order valence-corrected chi connectivity index (χ0v) is 10.6. The SMILES string of the molecule is CC(CO)C(C)Nc1nccc2ccc(O)cc12. The number of benzene rings is 1.